The number of carbonyl (C=O) groups is 2. The average molecular weight is 386 g/mol. The van der Waals surface area contributed by atoms with Crippen molar-refractivity contribution >= 4 is 35.0 Å². The minimum atomic E-state index is -0.393. The van der Waals surface area contributed by atoms with Gasteiger partial charge in [0.2, 0.25) is 0 Å². The Kier molecular flexibility index (Phi) is 5.99. The van der Waals surface area contributed by atoms with E-state index in [1.165, 1.54) is 0 Å². The molecule has 1 aliphatic heterocycles. The Hall–Kier alpha value is -2.98. The summed E-state index contributed by atoms with van der Waals surface area (Å²) in [4.78, 5) is 25.9. The van der Waals surface area contributed by atoms with Gasteiger partial charge < -0.3 is 10.2 Å². The zero-order chi connectivity index (χ0) is 19.2. The predicted molar refractivity (Wildman–Crippen MR) is 105 cm³/mol. The van der Waals surface area contributed by atoms with Crippen molar-refractivity contribution in [2.45, 2.75) is 25.8 Å². The third kappa shape index (κ3) is 4.60. The first-order chi connectivity index (χ1) is 13.1. The summed E-state index contributed by atoms with van der Waals surface area (Å²) in [5.41, 5.74) is 0.534. The van der Waals surface area contributed by atoms with E-state index in [0.29, 0.717) is 29.6 Å². The first kappa shape index (κ1) is 18.8. The summed E-state index contributed by atoms with van der Waals surface area (Å²) in [5.74, 6) is 5.65. The van der Waals surface area contributed by atoms with E-state index in [1.54, 1.807) is 53.0 Å². The third-order valence-corrected chi connectivity index (χ3v) is 4.69. The molecule has 27 heavy (non-hydrogen) atoms. The minimum Gasteiger partial charge on any atom is -0.332 e. The van der Waals surface area contributed by atoms with E-state index in [-0.39, 0.29) is 11.9 Å². The van der Waals surface area contributed by atoms with Gasteiger partial charge in [-0.1, -0.05) is 29.7 Å². The highest BCUT2D eigenvalue weighted by atomic mass is 35.5. The van der Waals surface area contributed by atoms with Crippen LogP contribution in [0.5, 0.6) is 0 Å². The summed E-state index contributed by atoms with van der Waals surface area (Å²) >= 11 is 6.06. The van der Waals surface area contributed by atoms with Gasteiger partial charge in [0, 0.05) is 19.2 Å². The first-order valence-corrected chi connectivity index (χ1v) is 9.04. The van der Waals surface area contributed by atoms with Gasteiger partial charge in [-0.2, -0.15) is 5.10 Å². The van der Waals surface area contributed by atoms with E-state index >= 15 is 0 Å². The maximum absolute atomic E-state index is 12.3. The van der Waals surface area contributed by atoms with Crippen LogP contribution in [0.15, 0.2) is 36.5 Å². The smallest absolute Gasteiger partial charge is 0.324 e. The topological polar surface area (TPSA) is 79.3 Å². The monoisotopic (exact) mass is 385 g/mol. The lowest BCUT2D eigenvalue weighted by Gasteiger charge is -2.31. The summed E-state index contributed by atoms with van der Waals surface area (Å²) in [7, 11) is 0. The van der Waals surface area contributed by atoms with E-state index in [4.69, 9.17) is 11.6 Å². The lowest BCUT2D eigenvalue weighted by Crippen LogP contribution is -2.38. The highest BCUT2D eigenvalue weighted by Gasteiger charge is 2.25. The van der Waals surface area contributed by atoms with Crippen LogP contribution < -0.4 is 10.6 Å². The number of amides is 3. The van der Waals surface area contributed by atoms with Crippen LogP contribution in [0.1, 0.15) is 25.8 Å². The van der Waals surface area contributed by atoms with Crippen LogP contribution in [-0.2, 0) is 4.79 Å². The Morgan fingerprint density at radius 2 is 1.93 bits per heavy atom. The fourth-order valence-corrected chi connectivity index (χ4v) is 3.22. The Balaban J connectivity index is 1.61. The molecule has 0 atom stereocenters. The van der Waals surface area contributed by atoms with Crippen molar-refractivity contribution in [1.82, 2.24) is 14.7 Å². The van der Waals surface area contributed by atoms with Crippen LogP contribution in [0.4, 0.5) is 16.3 Å². The standard InChI is InChI=1S/C19H20ClN5O2/c1-2-5-18(26)24-12-9-14(10-13-24)25-17(8-11-21-25)23-19(27)22-16-7-4-3-6-15(16)20/h3-4,6-8,11,14H,9-10,12-13H2,1H3,(H2,22,23,27). The van der Waals surface area contributed by atoms with Gasteiger partial charge in [0.1, 0.15) is 5.82 Å². The molecule has 1 aromatic heterocycles. The Morgan fingerprint density at radius 1 is 1.19 bits per heavy atom. The van der Waals surface area contributed by atoms with Gasteiger partial charge in [-0.3, -0.25) is 10.1 Å². The van der Waals surface area contributed by atoms with Gasteiger partial charge in [-0.05, 0) is 37.8 Å². The van der Waals surface area contributed by atoms with E-state index in [9.17, 15) is 9.59 Å². The van der Waals surface area contributed by atoms with E-state index in [1.807, 2.05) is 0 Å². The number of nitrogens with one attached hydrogen (secondary N) is 2. The van der Waals surface area contributed by atoms with Crippen LogP contribution in [0.25, 0.3) is 0 Å². The zero-order valence-electron chi connectivity index (χ0n) is 14.9. The van der Waals surface area contributed by atoms with Crippen molar-refractivity contribution in [3.05, 3.63) is 41.6 Å². The van der Waals surface area contributed by atoms with Gasteiger partial charge in [-0.15, -0.1) is 0 Å². The number of para-hydroxylation sites is 1. The Bertz CT molecular complexity index is 891. The molecular weight excluding hydrogens is 366 g/mol. The molecule has 0 unspecified atom stereocenters. The molecule has 0 saturated carbocycles. The zero-order valence-corrected chi connectivity index (χ0v) is 15.7. The van der Waals surface area contributed by atoms with Crippen molar-refractivity contribution in [2.24, 2.45) is 0 Å². The van der Waals surface area contributed by atoms with Crippen molar-refractivity contribution in [3.63, 3.8) is 0 Å². The highest BCUT2D eigenvalue weighted by Crippen LogP contribution is 2.26. The van der Waals surface area contributed by atoms with Gasteiger partial charge in [0.05, 0.1) is 22.9 Å². The summed E-state index contributed by atoms with van der Waals surface area (Å²) in [6, 6.07) is 8.48. The molecule has 1 fully saturated rings. The summed E-state index contributed by atoms with van der Waals surface area (Å²) < 4.78 is 1.79. The van der Waals surface area contributed by atoms with Gasteiger partial charge in [0.25, 0.3) is 5.91 Å². The molecule has 0 radical (unpaired) electrons. The summed E-state index contributed by atoms with van der Waals surface area (Å²) in [5, 5.41) is 10.3. The van der Waals surface area contributed by atoms with Crippen LogP contribution in [-0.4, -0.2) is 39.7 Å². The molecule has 1 saturated heterocycles. The van der Waals surface area contributed by atoms with Gasteiger partial charge >= 0.3 is 6.03 Å². The van der Waals surface area contributed by atoms with E-state index < -0.39 is 6.03 Å². The second-order valence-electron chi connectivity index (χ2n) is 6.12. The number of likely N-dealkylation sites (tertiary alicyclic amines) is 1. The molecule has 1 aliphatic rings. The van der Waals surface area contributed by atoms with Crippen molar-refractivity contribution in [1.29, 1.82) is 0 Å². The molecule has 2 heterocycles. The second kappa shape index (κ2) is 8.60. The molecule has 0 bridgehead atoms. The molecule has 7 nitrogen and oxygen atoms in total. The first-order valence-electron chi connectivity index (χ1n) is 8.66. The lowest BCUT2D eigenvalue weighted by molar-refractivity contribution is -0.126. The highest BCUT2D eigenvalue weighted by molar-refractivity contribution is 6.33. The molecule has 2 aromatic rings. The van der Waals surface area contributed by atoms with Crippen LogP contribution >= 0.6 is 11.6 Å². The number of benzene rings is 1. The number of urea groups is 1. The van der Waals surface area contributed by atoms with Crippen LogP contribution in [0.2, 0.25) is 5.02 Å². The molecule has 0 spiro atoms. The molecule has 0 aliphatic carbocycles. The number of rotatable bonds is 3. The SMILES string of the molecule is CC#CC(=O)N1CCC(n2nccc2NC(=O)Nc2ccccc2Cl)CC1. The number of piperidine rings is 1. The van der Waals surface area contributed by atoms with Crippen molar-refractivity contribution < 1.29 is 9.59 Å². The summed E-state index contributed by atoms with van der Waals surface area (Å²) in [6.07, 6.45) is 3.14. The lowest BCUT2D eigenvalue weighted by atomic mass is 10.1. The molecule has 2 N–H and O–H groups in total. The van der Waals surface area contributed by atoms with Crippen LogP contribution in [0.3, 0.4) is 0 Å². The van der Waals surface area contributed by atoms with Crippen molar-refractivity contribution in [2.75, 3.05) is 23.7 Å². The molecule has 140 valence electrons. The number of carbonyl (C=O) groups excluding carboxylic acids is 2. The van der Waals surface area contributed by atoms with E-state index in [2.05, 4.69) is 27.6 Å². The quantitative estimate of drug-likeness (QED) is 0.795. The molecular formula is C19H20ClN5O2. The molecule has 3 rings (SSSR count). The largest absolute Gasteiger partial charge is 0.332 e. The summed E-state index contributed by atoms with van der Waals surface area (Å²) in [6.45, 7) is 2.88. The Labute approximate surface area is 162 Å². The number of hydrogen-bond acceptors (Lipinski definition) is 3. The van der Waals surface area contributed by atoms with Crippen molar-refractivity contribution in [3.8, 4) is 11.8 Å². The average Bonchev–Trinajstić information content (AvgIpc) is 3.12. The van der Waals surface area contributed by atoms with Gasteiger partial charge in [0.15, 0.2) is 0 Å². The second-order valence-corrected chi connectivity index (χ2v) is 6.53. The normalized spacial score (nSPS) is 14.2. The maximum Gasteiger partial charge on any atom is 0.324 e. The fourth-order valence-electron chi connectivity index (χ4n) is 3.04. The van der Waals surface area contributed by atoms with E-state index in [0.717, 1.165) is 12.8 Å². The van der Waals surface area contributed by atoms with Crippen LogP contribution in [0, 0.1) is 11.8 Å². The molecule has 1 aromatic carbocycles. The molecule has 8 heteroatoms. The maximum atomic E-state index is 12.3. The Morgan fingerprint density at radius 3 is 2.63 bits per heavy atom. The number of halogens is 1. The number of anilines is 2. The van der Waals surface area contributed by atoms with Gasteiger partial charge in [-0.25, -0.2) is 9.48 Å². The number of hydrogen-bond donors (Lipinski definition) is 2. The predicted octanol–water partition coefficient (Wildman–Crippen LogP) is 3.37. The molecule has 3 amide bonds. The minimum absolute atomic E-state index is 0.106. The third-order valence-electron chi connectivity index (χ3n) is 4.36. The number of aromatic nitrogens is 2. The fraction of sp³-hybridized carbons (Fsp3) is 0.316. The number of nitrogens with zero attached hydrogens (tertiary/aromatic N) is 3.